The molecule has 0 aromatic carbocycles. The van der Waals surface area contributed by atoms with Crippen LogP contribution in [0.2, 0.25) is 0 Å². The first kappa shape index (κ1) is 14.7. The van der Waals surface area contributed by atoms with Crippen LogP contribution in [0.4, 0.5) is 4.79 Å². The highest BCUT2D eigenvalue weighted by Crippen LogP contribution is 2.05. The molecule has 104 valence electrons. The number of hydrogen-bond donors (Lipinski definition) is 2. The highest BCUT2D eigenvalue weighted by atomic mass is 16.6. The molecule has 0 bridgehead atoms. The van der Waals surface area contributed by atoms with Crippen molar-refractivity contribution in [2.24, 2.45) is 5.73 Å². The van der Waals surface area contributed by atoms with E-state index in [0.717, 1.165) is 13.0 Å². The van der Waals surface area contributed by atoms with Crippen LogP contribution in [0.5, 0.6) is 0 Å². The average molecular weight is 259 g/mol. The minimum absolute atomic E-state index is 0.0612. The maximum absolute atomic E-state index is 11.5. The van der Waals surface area contributed by atoms with Crippen LogP contribution in [0.15, 0.2) is 0 Å². The Morgan fingerprint density at radius 2 is 2.28 bits per heavy atom. The molecule has 0 aromatic rings. The maximum Gasteiger partial charge on any atom is 0.409 e. The van der Waals surface area contributed by atoms with E-state index < -0.39 is 5.91 Å². The van der Waals surface area contributed by atoms with Crippen LogP contribution >= 0.6 is 0 Å². The van der Waals surface area contributed by atoms with Crippen molar-refractivity contribution in [3.63, 3.8) is 0 Å². The van der Waals surface area contributed by atoms with E-state index >= 15 is 0 Å². The van der Waals surface area contributed by atoms with E-state index in [4.69, 9.17) is 15.2 Å². The van der Waals surface area contributed by atoms with Crippen molar-refractivity contribution in [3.8, 4) is 0 Å². The van der Waals surface area contributed by atoms with E-state index in [1.165, 1.54) is 0 Å². The van der Waals surface area contributed by atoms with Gasteiger partial charge in [0.1, 0.15) is 6.61 Å². The van der Waals surface area contributed by atoms with E-state index in [1.807, 2.05) is 0 Å². The summed E-state index contributed by atoms with van der Waals surface area (Å²) in [5.74, 6) is -0.472. The summed E-state index contributed by atoms with van der Waals surface area (Å²) < 4.78 is 10.0. The minimum Gasteiger partial charge on any atom is -0.450 e. The number of amides is 2. The van der Waals surface area contributed by atoms with Crippen molar-refractivity contribution in [3.05, 3.63) is 0 Å². The Morgan fingerprint density at radius 1 is 1.50 bits per heavy atom. The van der Waals surface area contributed by atoms with Gasteiger partial charge in [-0.05, 0) is 13.3 Å². The first-order valence-corrected chi connectivity index (χ1v) is 6.14. The van der Waals surface area contributed by atoms with Crippen molar-refractivity contribution in [1.82, 2.24) is 10.2 Å². The zero-order chi connectivity index (χ0) is 13.4. The van der Waals surface area contributed by atoms with Gasteiger partial charge in [-0.15, -0.1) is 0 Å². The highest BCUT2D eigenvalue weighted by molar-refractivity contribution is 5.74. The minimum atomic E-state index is -0.472. The Labute approximate surface area is 107 Å². The summed E-state index contributed by atoms with van der Waals surface area (Å²) in [6.07, 6.45) is 0.450. The van der Waals surface area contributed by atoms with Gasteiger partial charge in [-0.25, -0.2) is 4.79 Å². The van der Waals surface area contributed by atoms with Crippen molar-refractivity contribution in [2.45, 2.75) is 19.4 Å². The number of nitrogens with one attached hydrogen (secondary N) is 1. The number of carbonyl (C=O) groups is 2. The Kier molecular flexibility index (Phi) is 6.45. The van der Waals surface area contributed by atoms with Gasteiger partial charge in [0.2, 0.25) is 5.91 Å². The molecule has 1 heterocycles. The third-order valence-electron chi connectivity index (χ3n) is 2.64. The molecule has 1 fully saturated rings. The highest BCUT2D eigenvalue weighted by Gasteiger charge is 2.23. The second-order valence-electron chi connectivity index (χ2n) is 4.10. The molecular weight excluding hydrogens is 238 g/mol. The molecule has 0 radical (unpaired) electrons. The smallest absolute Gasteiger partial charge is 0.409 e. The number of piperazine rings is 1. The number of primary amides is 1. The predicted molar refractivity (Wildman–Crippen MR) is 65.0 cm³/mol. The second-order valence-corrected chi connectivity index (χ2v) is 4.10. The number of ether oxygens (including phenoxy) is 2. The topological polar surface area (TPSA) is 93.9 Å². The SMILES string of the molecule is CCOC(=O)N1CCNC(CCOCC(N)=O)C1. The first-order chi connectivity index (χ1) is 8.63. The van der Waals surface area contributed by atoms with Gasteiger partial charge in [-0.2, -0.15) is 0 Å². The lowest BCUT2D eigenvalue weighted by atomic mass is 10.1. The summed E-state index contributed by atoms with van der Waals surface area (Å²) in [5, 5.41) is 3.29. The summed E-state index contributed by atoms with van der Waals surface area (Å²) >= 11 is 0. The number of rotatable bonds is 6. The van der Waals surface area contributed by atoms with Crippen LogP contribution in [0, 0.1) is 0 Å². The summed E-state index contributed by atoms with van der Waals surface area (Å²) in [6, 6.07) is 0.163. The second kappa shape index (κ2) is 7.88. The molecule has 1 atom stereocenters. The fourth-order valence-electron chi connectivity index (χ4n) is 1.80. The van der Waals surface area contributed by atoms with Crippen LogP contribution in [-0.2, 0) is 14.3 Å². The fraction of sp³-hybridized carbons (Fsp3) is 0.818. The van der Waals surface area contributed by atoms with Crippen LogP contribution < -0.4 is 11.1 Å². The van der Waals surface area contributed by atoms with Crippen molar-refractivity contribution in [2.75, 3.05) is 39.5 Å². The van der Waals surface area contributed by atoms with Crippen molar-refractivity contribution >= 4 is 12.0 Å². The lowest BCUT2D eigenvalue weighted by Crippen LogP contribution is -2.53. The van der Waals surface area contributed by atoms with Gasteiger partial charge >= 0.3 is 6.09 Å². The summed E-state index contributed by atoms with van der Waals surface area (Å²) in [4.78, 5) is 23.7. The Bertz CT molecular complexity index is 285. The average Bonchev–Trinajstić information content (AvgIpc) is 2.35. The molecule has 1 rings (SSSR count). The van der Waals surface area contributed by atoms with E-state index in [-0.39, 0.29) is 18.7 Å². The van der Waals surface area contributed by atoms with E-state index in [1.54, 1.807) is 11.8 Å². The van der Waals surface area contributed by atoms with Gasteiger partial charge in [-0.1, -0.05) is 0 Å². The molecule has 7 heteroatoms. The van der Waals surface area contributed by atoms with Crippen LogP contribution in [-0.4, -0.2) is 62.4 Å². The van der Waals surface area contributed by atoms with E-state index in [9.17, 15) is 9.59 Å². The molecule has 3 N–H and O–H groups in total. The Balaban J connectivity index is 2.22. The zero-order valence-electron chi connectivity index (χ0n) is 10.7. The molecule has 18 heavy (non-hydrogen) atoms. The lowest BCUT2D eigenvalue weighted by Gasteiger charge is -2.32. The molecule has 0 spiro atoms. The number of nitrogens with two attached hydrogens (primary N) is 1. The van der Waals surface area contributed by atoms with Crippen molar-refractivity contribution in [1.29, 1.82) is 0 Å². The normalized spacial score (nSPS) is 19.6. The monoisotopic (exact) mass is 259 g/mol. The Morgan fingerprint density at radius 3 is 2.94 bits per heavy atom. The molecule has 1 unspecified atom stereocenters. The molecular formula is C11H21N3O4. The number of carbonyl (C=O) groups excluding carboxylic acids is 2. The molecule has 0 aliphatic carbocycles. The van der Waals surface area contributed by atoms with Crippen LogP contribution in [0.25, 0.3) is 0 Å². The molecule has 0 saturated carbocycles. The largest absolute Gasteiger partial charge is 0.450 e. The maximum atomic E-state index is 11.5. The standard InChI is InChI=1S/C11H21N3O4/c1-2-18-11(16)14-5-4-13-9(7-14)3-6-17-8-10(12)15/h9,13H,2-8H2,1H3,(H2,12,15). The lowest BCUT2D eigenvalue weighted by molar-refractivity contribution is -0.122. The zero-order valence-corrected chi connectivity index (χ0v) is 10.7. The van der Waals surface area contributed by atoms with Gasteiger partial charge in [0.05, 0.1) is 6.61 Å². The molecule has 1 aliphatic rings. The molecule has 1 saturated heterocycles. The van der Waals surface area contributed by atoms with E-state index in [0.29, 0.717) is 26.3 Å². The fourth-order valence-corrected chi connectivity index (χ4v) is 1.80. The Hall–Kier alpha value is -1.34. The summed E-state index contributed by atoms with van der Waals surface area (Å²) in [5.41, 5.74) is 4.96. The third kappa shape index (κ3) is 5.33. The number of hydrogen-bond acceptors (Lipinski definition) is 5. The van der Waals surface area contributed by atoms with Crippen molar-refractivity contribution < 1.29 is 19.1 Å². The van der Waals surface area contributed by atoms with Gasteiger partial charge in [0.25, 0.3) is 0 Å². The van der Waals surface area contributed by atoms with Crippen LogP contribution in [0.3, 0.4) is 0 Å². The quantitative estimate of drug-likeness (QED) is 0.616. The molecule has 1 aliphatic heterocycles. The molecule has 7 nitrogen and oxygen atoms in total. The van der Waals surface area contributed by atoms with Gasteiger partial charge in [0.15, 0.2) is 0 Å². The summed E-state index contributed by atoms with van der Waals surface area (Å²) in [7, 11) is 0. The predicted octanol–water partition coefficient (Wildman–Crippen LogP) is -0.691. The first-order valence-electron chi connectivity index (χ1n) is 6.14. The molecule has 0 aromatic heterocycles. The number of nitrogens with zero attached hydrogens (tertiary/aromatic N) is 1. The summed E-state index contributed by atoms with van der Waals surface area (Å²) in [6.45, 7) is 4.53. The van der Waals surface area contributed by atoms with Gasteiger partial charge in [-0.3, -0.25) is 4.79 Å². The third-order valence-corrected chi connectivity index (χ3v) is 2.64. The van der Waals surface area contributed by atoms with Gasteiger partial charge in [0, 0.05) is 32.3 Å². The molecule has 2 amide bonds. The van der Waals surface area contributed by atoms with Gasteiger partial charge < -0.3 is 25.4 Å². The van der Waals surface area contributed by atoms with Crippen LogP contribution in [0.1, 0.15) is 13.3 Å². The van der Waals surface area contributed by atoms with E-state index in [2.05, 4.69) is 5.32 Å².